The summed E-state index contributed by atoms with van der Waals surface area (Å²) in [5.41, 5.74) is 4.00. The lowest BCUT2D eigenvalue weighted by atomic mass is 9.95. The fourth-order valence-electron chi connectivity index (χ4n) is 4.31. The summed E-state index contributed by atoms with van der Waals surface area (Å²) in [6.07, 6.45) is 6.57. The second-order valence-corrected chi connectivity index (χ2v) is 8.21. The second-order valence-electron chi connectivity index (χ2n) is 8.21. The largest absolute Gasteiger partial charge is 0.493 e. The van der Waals surface area contributed by atoms with E-state index in [0.717, 1.165) is 34.6 Å². The van der Waals surface area contributed by atoms with Gasteiger partial charge in [0.2, 0.25) is 0 Å². The van der Waals surface area contributed by atoms with Crippen LogP contribution in [0.4, 0.5) is 0 Å². The molecule has 1 N–H and O–H groups in total. The first-order valence-electron chi connectivity index (χ1n) is 10.7. The van der Waals surface area contributed by atoms with Gasteiger partial charge in [-0.2, -0.15) is 0 Å². The lowest BCUT2D eigenvalue weighted by Crippen LogP contribution is -2.30. The normalized spacial score (nSPS) is 14.4. The lowest BCUT2D eigenvalue weighted by Gasteiger charge is -2.23. The van der Waals surface area contributed by atoms with E-state index in [2.05, 4.69) is 17.4 Å². The van der Waals surface area contributed by atoms with Crippen LogP contribution >= 0.6 is 12.4 Å². The number of aromatic nitrogens is 2. The standard InChI is InChI=1S/C24H31N3O3.ClH/c1-26-20-11-9-18(13-21(20)27(2)24(26)28)16-30-22-12-10-17(14-23(22)29-3)15-25-19-7-5-4-6-8-19;/h9-14,19,25H,4-8,15-16H2,1-3H3;1H. The molecule has 0 amide bonds. The third-order valence-electron chi connectivity index (χ3n) is 6.16. The molecule has 1 heterocycles. The van der Waals surface area contributed by atoms with Crippen LogP contribution in [0.5, 0.6) is 11.5 Å². The highest BCUT2D eigenvalue weighted by molar-refractivity contribution is 5.85. The molecule has 7 heteroatoms. The molecule has 4 rings (SSSR count). The Morgan fingerprint density at radius 3 is 2.39 bits per heavy atom. The number of hydrogen-bond acceptors (Lipinski definition) is 4. The monoisotopic (exact) mass is 445 g/mol. The predicted octanol–water partition coefficient (Wildman–Crippen LogP) is 4.31. The second kappa shape index (κ2) is 10.2. The summed E-state index contributed by atoms with van der Waals surface area (Å²) in [6.45, 7) is 1.26. The van der Waals surface area contributed by atoms with Crippen molar-refractivity contribution < 1.29 is 9.47 Å². The number of hydrogen-bond donors (Lipinski definition) is 1. The highest BCUT2D eigenvalue weighted by atomic mass is 35.5. The van der Waals surface area contributed by atoms with Crippen molar-refractivity contribution in [2.75, 3.05) is 7.11 Å². The van der Waals surface area contributed by atoms with Gasteiger partial charge < -0.3 is 14.8 Å². The van der Waals surface area contributed by atoms with Crippen LogP contribution in [-0.2, 0) is 27.2 Å². The van der Waals surface area contributed by atoms with E-state index in [1.165, 1.54) is 37.7 Å². The van der Waals surface area contributed by atoms with Gasteiger partial charge in [-0.3, -0.25) is 9.13 Å². The molecule has 0 saturated heterocycles. The van der Waals surface area contributed by atoms with Crippen molar-refractivity contribution >= 4 is 23.4 Å². The van der Waals surface area contributed by atoms with Crippen molar-refractivity contribution in [2.24, 2.45) is 14.1 Å². The molecule has 168 valence electrons. The number of aryl methyl sites for hydroxylation is 2. The van der Waals surface area contributed by atoms with E-state index >= 15 is 0 Å². The molecule has 0 spiro atoms. The zero-order chi connectivity index (χ0) is 21.1. The van der Waals surface area contributed by atoms with Gasteiger partial charge in [-0.15, -0.1) is 12.4 Å². The van der Waals surface area contributed by atoms with Gasteiger partial charge in [0.1, 0.15) is 6.61 Å². The highest BCUT2D eigenvalue weighted by Crippen LogP contribution is 2.29. The molecule has 1 saturated carbocycles. The molecule has 1 aliphatic rings. The quantitative estimate of drug-likeness (QED) is 0.588. The fraction of sp³-hybridized carbons (Fsp3) is 0.458. The Bertz CT molecular complexity index is 1080. The Morgan fingerprint density at radius 1 is 0.935 bits per heavy atom. The maximum Gasteiger partial charge on any atom is 0.328 e. The summed E-state index contributed by atoms with van der Waals surface area (Å²) >= 11 is 0. The molecule has 0 unspecified atom stereocenters. The molecule has 3 aromatic rings. The lowest BCUT2D eigenvalue weighted by molar-refractivity contribution is 0.284. The number of nitrogens with one attached hydrogen (secondary N) is 1. The summed E-state index contributed by atoms with van der Waals surface area (Å²) in [5.74, 6) is 1.46. The molecule has 1 aliphatic carbocycles. The number of nitrogens with zero attached hydrogens (tertiary/aromatic N) is 2. The summed E-state index contributed by atoms with van der Waals surface area (Å²) in [7, 11) is 5.25. The minimum Gasteiger partial charge on any atom is -0.493 e. The van der Waals surface area contributed by atoms with Gasteiger partial charge in [-0.05, 0) is 48.2 Å². The average molecular weight is 446 g/mol. The molecule has 1 aromatic heterocycles. The van der Waals surface area contributed by atoms with Crippen LogP contribution in [0, 0.1) is 0 Å². The van der Waals surface area contributed by atoms with Crippen molar-refractivity contribution in [3.8, 4) is 11.5 Å². The Balaban J connectivity index is 0.00000272. The summed E-state index contributed by atoms with van der Waals surface area (Å²) in [6, 6.07) is 12.7. The Labute approximate surface area is 189 Å². The summed E-state index contributed by atoms with van der Waals surface area (Å²) in [5, 5.41) is 3.67. The number of benzene rings is 2. The van der Waals surface area contributed by atoms with Gasteiger partial charge in [-0.25, -0.2) is 4.79 Å². The zero-order valence-corrected chi connectivity index (χ0v) is 19.3. The Hall–Kier alpha value is -2.44. The van der Waals surface area contributed by atoms with E-state index in [0.29, 0.717) is 12.6 Å². The van der Waals surface area contributed by atoms with Gasteiger partial charge in [0.15, 0.2) is 11.5 Å². The third-order valence-corrected chi connectivity index (χ3v) is 6.16. The van der Waals surface area contributed by atoms with E-state index in [4.69, 9.17) is 9.47 Å². The van der Waals surface area contributed by atoms with Crippen LogP contribution in [0.3, 0.4) is 0 Å². The predicted molar refractivity (Wildman–Crippen MR) is 126 cm³/mol. The Morgan fingerprint density at radius 2 is 1.65 bits per heavy atom. The van der Waals surface area contributed by atoms with Crippen LogP contribution in [-0.4, -0.2) is 22.3 Å². The SMILES string of the molecule is COc1cc(CNC2CCCCC2)ccc1OCc1ccc2c(c1)n(C)c(=O)n2C.Cl. The van der Waals surface area contributed by atoms with Crippen molar-refractivity contribution in [2.45, 2.75) is 51.3 Å². The number of halogens is 1. The number of imidazole rings is 1. The van der Waals surface area contributed by atoms with Gasteiger partial charge >= 0.3 is 5.69 Å². The molecule has 0 radical (unpaired) electrons. The van der Waals surface area contributed by atoms with E-state index < -0.39 is 0 Å². The smallest absolute Gasteiger partial charge is 0.328 e. The van der Waals surface area contributed by atoms with Crippen molar-refractivity contribution in [1.29, 1.82) is 0 Å². The summed E-state index contributed by atoms with van der Waals surface area (Å²) in [4.78, 5) is 12.1. The number of methoxy groups -OCH3 is 1. The summed E-state index contributed by atoms with van der Waals surface area (Å²) < 4.78 is 14.9. The topological polar surface area (TPSA) is 57.4 Å². The van der Waals surface area contributed by atoms with Crippen molar-refractivity contribution in [3.05, 3.63) is 58.0 Å². The molecule has 2 aromatic carbocycles. The Kier molecular flexibility index (Phi) is 7.68. The van der Waals surface area contributed by atoms with Crippen LogP contribution in [0.25, 0.3) is 11.0 Å². The first kappa shape index (κ1) is 23.2. The van der Waals surface area contributed by atoms with E-state index in [1.807, 2.05) is 24.3 Å². The average Bonchev–Trinajstić information content (AvgIpc) is 3.00. The zero-order valence-electron chi connectivity index (χ0n) is 18.5. The maximum absolute atomic E-state index is 12.1. The molecule has 0 aliphatic heterocycles. The maximum atomic E-state index is 12.1. The molecule has 1 fully saturated rings. The van der Waals surface area contributed by atoms with Gasteiger partial charge in [0.25, 0.3) is 0 Å². The van der Waals surface area contributed by atoms with Gasteiger partial charge in [-0.1, -0.05) is 31.4 Å². The molecule has 0 atom stereocenters. The van der Waals surface area contributed by atoms with E-state index in [-0.39, 0.29) is 18.1 Å². The third kappa shape index (κ3) is 5.08. The number of ether oxygens (including phenoxy) is 2. The number of rotatable bonds is 7. The minimum atomic E-state index is -0.0258. The van der Waals surface area contributed by atoms with Crippen LogP contribution in [0.15, 0.2) is 41.2 Å². The van der Waals surface area contributed by atoms with Crippen molar-refractivity contribution in [3.63, 3.8) is 0 Å². The van der Waals surface area contributed by atoms with E-state index in [1.54, 1.807) is 30.3 Å². The highest BCUT2D eigenvalue weighted by Gasteiger charge is 2.14. The first-order chi connectivity index (χ1) is 14.6. The molecular weight excluding hydrogens is 414 g/mol. The van der Waals surface area contributed by atoms with Crippen LogP contribution in [0.1, 0.15) is 43.2 Å². The minimum absolute atomic E-state index is 0. The van der Waals surface area contributed by atoms with Crippen molar-refractivity contribution in [1.82, 2.24) is 14.5 Å². The van der Waals surface area contributed by atoms with Gasteiger partial charge in [0.05, 0.1) is 18.1 Å². The molecular formula is C24H32ClN3O3. The number of fused-ring (bicyclic) bond motifs is 1. The fourth-order valence-corrected chi connectivity index (χ4v) is 4.31. The molecule has 6 nitrogen and oxygen atoms in total. The van der Waals surface area contributed by atoms with Crippen LogP contribution in [0.2, 0.25) is 0 Å². The first-order valence-corrected chi connectivity index (χ1v) is 10.7. The van der Waals surface area contributed by atoms with E-state index in [9.17, 15) is 4.79 Å². The molecule has 0 bridgehead atoms. The van der Waals surface area contributed by atoms with Crippen LogP contribution < -0.4 is 20.5 Å². The molecule has 31 heavy (non-hydrogen) atoms. The van der Waals surface area contributed by atoms with Gasteiger partial charge in [0, 0.05) is 26.7 Å².